The quantitative estimate of drug-likeness (QED) is 0.531. The number of fused-ring (bicyclic) bond motifs is 3. The van der Waals surface area contributed by atoms with Crippen molar-refractivity contribution >= 4 is 10.9 Å². The van der Waals surface area contributed by atoms with E-state index < -0.39 is 0 Å². The van der Waals surface area contributed by atoms with Crippen LogP contribution in [0.1, 0.15) is 0 Å². The molecule has 1 aromatic heterocycles. The Balaban J connectivity index is 2.52. The van der Waals surface area contributed by atoms with Gasteiger partial charge in [-0.1, -0.05) is 30.3 Å². The van der Waals surface area contributed by atoms with Crippen molar-refractivity contribution < 1.29 is 0 Å². The van der Waals surface area contributed by atoms with Crippen molar-refractivity contribution in [3.05, 3.63) is 48.7 Å². The SMILES string of the molecule is c1ccc2cc3nnccc3c-2cc1. The van der Waals surface area contributed by atoms with Gasteiger partial charge in [0.15, 0.2) is 0 Å². The lowest BCUT2D eigenvalue weighted by atomic mass is 10.1. The van der Waals surface area contributed by atoms with Gasteiger partial charge in [-0.2, -0.15) is 10.2 Å². The van der Waals surface area contributed by atoms with Gasteiger partial charge in [0, 0.05) is 5.39 Å². The van der Waals surface area contributed by atoms with E-state index in [2.05, 4.69) is 28.4 Å². The molecule has 14 heavy (non-hydrogen) atoms. The zero-order valence-electron chi connectivity index (χ0n) is 7.51. The maximum atomic E-state index is 4.09. The van der Waals surface area contributed by atoms with E-state index >= 15 is 0 Å². The molecule has 66 valence electrons. The Hall–Kier alpha value is -1.96. The van der Waals surface area contributed by atoms with Crippen LogP contribution in [0.5, 0.6) is 0 Å². The van der Waals surface area contributed by atoms with Gasteiger partial charge in [0.05, 0.1) is 11.7 Å². The highest BCUT2D eigenvalue weighted by atomic mass is 15.1. The minimum absolute atomic E-state index is 0.966. The van der Waals surface area contributed by atoms with Crippen molar-refractivity contribution in [2.24, 2.45) is 0 Å². The molecule has 0 saturated heterocycles. The van der Waals surface area contributed by atoms with E-state index in [9.17, 15) is 0 Å². The van der Waals surface area contributed by atoms with Crippen LogP contribution in [0.3, 0.4) is 0 Å². The first kappa shape index (κ1) is 7.44. The smallest absolute Gasteiger partial charge is 0.0942 e. The zero-order chi connectivity index (χ0) is 9.38. The predicted molar refractivity (Wildman–Crippen MR) is 56.2 cm³/mol. The number of nitrogens with zero attached hydrogens (tertiary/aromatic N) is 2. The Morgan fingerprint density at radius 3 is 2.86 bits per heavy atom. The Morgan fingerprint density at radius 1 is 0.929 bits per heavy atom. The molecule has 2 aliphatic rings. The molecule has 1 aromatic rings. The molecular formula is C12H8N2. The van der Waals surface area contributed by atoms with Gasteiger partial charge >= 0.3 is 0 Å². The monoisotopic (exact) mass is 180 g/mol. The van der Waals surface area contributed by atoms with Gasteiger partial charge in [0.25, 0.3) is 0 Å². The molecule has 0 unspecified atom stereocenters. The number of hydrogen-bond donors (Lipinski definition) is 0. The summed E-state index contributed by atoms with van der Waals surface area (Å²) in [5.74, 6) is 0. The maximum absolute atomic E-state index is 4.09. The Bertz CT molecular complexity index is 560. The molecule has 0 bridgehead atoms. The second kappa shape index (κ2) is 2.77. The molecule has 2 aliphatic carbocycles. The van der Waals surface area contributed by atoms with Crippen LogP contribution in [0.2, 0.25) is 0 Å². The Morgan fingerprint density at radius 2 is 1.86 bits per heavy atom. The molecule has 2 heteroatoms. The summed E-state index contributed by atoms with van der Waals surface area (Å²) < 4.78 is 0. The van der Waals surface area contributed by atoms with Crippen LogP contribution >= 0.6 is 0 Å². The Kier molecular flexibility index (Phi) is 1.47. The third-order valence-corrected chi connectivity index (χ3v) is 2.40. The first-order valence-electron chi connectivity index (χ1n) is 4.54. The summed E-state index contributed by atoms with van der Waals surface area (Å²) in [4.78, 5) is 0. The van der Waals surface area contributed by atoms with Crippen LogP contribution in [0.15, 0.2) is 48.7 Å². The standard InChI is InChI=1S/C12H8N2/c1-2-4-9-8-12-11(6-7-13-14-12)10(9)5-3-1/h1-8H. The third-order valence-electron chi connectivity index (χ3n) is 2.40. The molecule has 0 radical (unpaired) electrons. The summed E-state index contributed by atoms with van der Waals surface area (Å²) in [6.07, 6.45) is 1.73. The second-order valence-electron chi connectivity index (χ2n) is 3.25. The van der Waals surface area contributed by atoms with E-state index in [-0.39, 0.29) is 0 Å². The molecule has 0 fully saturated rings. The molecular weight excluding hydrogens is 172 g/mol. The molecule has 0 amide bonds. The maximum Gasteiger partial charge on any atom is 0.0942 e. The lowest BCUT2D eigenvalue weighted by molar-refractivity contribution is 1.08. The van der Waals surface area contributed by atoms with Crippen molar-refractivity contribution in [1.29, 1.82) is 0 Å². The van der Waals surface area contributed by atoms with Crippen molar-refractivity contribution in [2.45, 2.75) is 0 Å². The van der Waals surface area contributed by atoms with E-state index in [0.29, 0.717) is 0 Å². The number of rotatable bonds is 0. The van der Waals surface area contributed by atoms with Gasteiger partial charge in [-0.05, 0) is 23.3 Å². The fourth-order valence-electron chi connectivity index (χ4n) is 1.76. The summed E-state index contributed by atoms with van der Waals surface area (Å²) in [6, 6.07) is 14.4. The van der Waals surface area contributed by atoms with Crippen molar-refractivity contribution in [3.8, 4) is 11.1 Å². The fourth-order valence-corrected chi connectivity index (χ4v) is 1.76. The second-order valence-corrected chi connectivity index (χ2v) is 3.25. The number of hydrogen-bond acceptors (Lipinski definition) is 2. The van der Waals surface area contributed by atoms with Crippen LogP contribution in [-0.4, -0.2) is 10.2 Å². The van der Waals surface area contributed by atoms with Gasteiger partial charge < -0.3 is 0 Å². The van der Waals surface area contributed by atoms with Gasteiger partial charge in [-0.3, -0.25) is 0 Å². The zero-order valence-corrected chi connectivity index (χ0v) is 7.51. The first-order valence-corrected chi connectivity index (χ1v) is 4.54. The lowest BCUT2D eigenvalue weighted by Gasteiger charge is -1.90. The Labute approximate surface area is 81.6 Å². The average molecular weight is 180 g/mol. The highest BCUT2D eigenvalue weighted by molar-refractivity contribution is 5.99. The van der Waals surface area contributed by atoms with E-state index in [1.165, 1.54) is 16.5 Å². The first-order chi connectivity index (χ1) is 6.95. The molecule has 0 saturated carbocycles. The van der Waals surface area contributed by atoms with Crippen LogP contribution < -0.4 is 0 Å². The molecule has 1 heterocycles. The summed E-state index contributed by atoms with van der Waals surface area (Å²) in [5, 5.41) is 9.13. The molecule has 0 atom stereocenters. The summed E-state index contributed by atoms with van der Waals surface area (Å²) in [6.45, 7) is 0. The fraction of sp³-hybridized carbons (Fsp3) is 0. The highest BCUT2D eigenvalue weighted by Crippen LogP contribution is 2.31. The molecule has 3 rings (SSSR count). The number of aromatic nitrogens is 2. The predicted octanol–water partition coefficient (Wildman–Crippen LogP) is 2.73. The normalized spacial score (nSPS) is 10.9. The van der Waals surface area contributed by atoms with E-state index in [4.69, 9.17) is 0 Å². The summed E-state index contributed by atoms with van der Waals surface area (Å²) >= 11 is 0. The van der Waals surface area contributed by atoms with Crippen LogP contribution in [0.4, 0.5) is 0 Å². The van der Waals surface area contributed by atoms with Gasteiger partial charge in [0.1, 0.15) is 0 Å². The van der Waals surface area contributed by atoms with E-state index in [0.717, 1.165) is 5.52 Å². The molecule has 2 nitrogen and oxygen atoms in total. The largest absolute Gasteiger partial charge is 0.159 e. The van der Waals surface area contributed by atoms with Crippen molar-refractivity contribution in [3.63, 3.8) is 0 Å². The van der Waals surface area contributed by atoms with Gasteiger partial charge in [0.2, 0.25) is 0 Å². The topological polar surface area (TPSA) is 25.8 Å². The lowest BCUT2D eigenvalue weighted by Crippen LogP contribution is -1.76. The van der Waals surface area contributed by atoms with E-state index in [1.807, 2.05) is 24.3 Å². The molecule has 0 aromatic carbocycles. The molecule has 0 aliphatic heterocycles. The van der Waals surface area contributed by atoms with E-state index in [1.54, 1.807) is 6.20 Å². The highest BCUT2D eigenvalue weighted by Gasteiger charge is 2.07. The minimum Gasteiger partial charge on any atom is -0.159 e. The van der Waals surface area contributed by atoms with Gasteiger partial charge in [-0.25, -0.2) is 0 Å². The average Bonchev–Trinajstić information content (AvgIpc) is 2.42. The minimum atomic E-state index is 0.966. The summed E-state index contributed by atoms with van der Waals surface area (Å²) in [7, 11) is 0. The van der Waals surface area contributed by atoms with Crippen LogP contribution in [0, 0.1) is 0 Å². The van der Waals surface area contributed by atoms with Crippen LogP contribution in [-0.2, 0) is 0 Å². The summed E-state index contributed by atoms with van der Waals surface area (Å²) in [5.41, 5.74) is 3.42. The van der Waals surface area contributed by atoms with Gasteiger partial charge in [-0.15, -0.1) is 0 Å². The molecule has 0 spiro atoms. The van der Waals surface area contributed by atoms with Crippen LogP contribution in [0.25, 0.3) is 22.0 Å². The van der Waals surface area contributed by atoms with Crippen molar-refractivity contribution in [1.82, 2.24) is 10.2 Å². The van der Waals surface area contributed by atoms with Crippen molar-refractivity contribution in [2.75, 3.05) is 0 Å². The third kappa shape index (κ3) is 0.973. The molecule has 0 N–H and O–H groups in total.